The van der Waals surface area contributed by atoms with Gasteiger partial charge in [0.25, 0.3) is 0 Å². The van der Waals surface area contributed by atoms with Crippen molar-refractivity contribution in [3.63, 3.8) is 0 Å². The third-order valence-corrected chi connectivity index (χ3v) is 2.49. The van der Waals surface area contributed by atoms with E-state index in [1.165, 1.54) is 0 Å². The predicted octanol–water partition coefficient (Wildman–Crippen LogP) is -0.422. The monoisotopic (exact) mass is 186 g/mol. The topological polar surface area (TPSA) is 52.6 Å². The van der Waals surface area contributed by atoms with Crippen LogP contribution in [0, 0.1) is 0 Å². The molecule has 1 amide bonds. The fraction of sp³-hybridized carbons (Fsp3) is 0.889. The quantitative estimate of drug-likeness (QED) is 0.627. The molecule has 1 saturated heterocycles. The first-order valence-electron chi connectivity index (χ1n) is 4.85. The second kappa shape index (κ2) is 4.58. The number of aliphatic hydroxyl groups excluding tert-OH is 1. The third kappa shape index (κ3) is 2.19. The van der Waals surface area contributed by atoms with Crippen molar-refractivity contribution < 1.29 is 9.90 Å². The molecule has 0 spiro atoms. The number of rotatable bonds is 4. The average molecular weight is 186 g/mol. The van der Waals surface area contributed by atoms with E-state index in [0.29, 0.717) is 0 Å². The molecule has 0 aromatic carbocycles. The van der Waals surface area contributed by atoms with Crippen molar-refractivity contribution in [3.05, 3.63) is 0 Å². The van der Waals surface area contributed by atoms with Crippen molar-refractivity contribution in [1.29, 1.82) is 0 Å². The van der Waals surface area contributed by atoms with Crippen LogP contribution in [0.25, 0.3) is 0 Å². The highest BCUT2D eigenvalue weighted by atomic mass is 16.3. The van der Waals surface area contributed by atoms with Crippen LogP contribution in [0.4, 0.5) is 0 Å². The van der Waals surface area contributed by atoms with E-state index in [-0.39, 0.29) is 24.6 Å². The van der Waals surface area contributed by atoms with Crippen molar-refractivity contribution in [1.82, 2.24) is 10.2 Å². The van der Waals surface area contributed by atoms with Crippen LogP contribution >= 0.6 is 0 Å². The highest BCUT2D eigenvalue weighted by Crippen LogP contribution is 2.13. The number of hydrogen-bond donors (Lipinski definition) is 2. The van der Waals surface area contributed by atoms with Crippen LogP contribution in [-0.4, -0.2) is 47.7 Å². The molecule has 1 aliphatic heterocycles. The molecule has 1 heterocycles. The Hall–Kier alpha value is -0.610. The Morgan fingerprint density at radius 3 is 3.00 bits per heavy atom. The van der Waals surface area contributed by atoms with Gasteiger partial charge in [0.2, 0.25) is 5.91 Å². The highest BCUT2D eigenvalue weighted by molar-refractivity contribution is 5.84. The van der Waals surface area contributed by atoms with Crippen molar-refractivity contribution >= 4 is 5.91 Å². The molecule has 4 heteroatoms. The first-order valence-corrected chi connectivity index (χ1v) is 4.85. The smallest absolute Gasteiger partial charge is 0.240 e. The van der Waals surface area contributed by atoms with Crippen LogP contribution in [0.15, 0.2) is 0 Å². The van der Waals surface area contributed by atoms with Gasteiger partial charge in [0.05, 0.1) is 18.7 Å². The van der Waals surface area contributed by atoms with Gasteiger partial charge >= 0.3 is 0 Å². The molecule has 1 aliphatic rings. The fourth-order valence-electron chi connectivity index (χ4n) is 1.67. The summed E-state index contributed by atoms with van der Waals surface area (Å²) < 4.78 is 0. The van der Waals surface area contributed by atoms with Crippen LogP contribution in [0.5, 0.6) is 0 Å². The van der Waals surface area contributed by atoms with Crippen LogP contribution in [-0.2, 0) is 4.79 Å². The largest absolute Gasteiger partial charge is 0.394 e. The van der Waals surface area contributed by atoms with Crippen molar-refractivity contribution in [2.45, 2.75) is 32.4 Å². The van der Waals surface area contributed by atoms with E-state index in [1.54, 1.807) is 4.90 Å². The minimum Gasteiger partial charge on any atom is -0.394 e. The zero-order chi connectivity index (χ0) is 9.84. The molecule has 2 atom stereocenters. The number of nitrogens with zero attached hydrogens (tertiary/aromatic N) is 1. The molecule has 2 N–H and O–H groups in total. The maximum absolute atomic E-state index is 11.6. The Labute approximate surface area is 78.9 Å². The summed E-state index contributed by atoms with van der Waals surface area (Å²) in [4.78, 5) is 13.4. The van der Waals surface area contributed by atoms with Crippen LogP contribution in [0.3, 0.4) is 0 Å². The lowest BCUT2D eigenvalue weighted by Crippen LogP contribution is -2.42. The summed E-state index contributed by atoms with van der Waals surface area (Å²) in [5.41, 5.74) is 0. The summed E-state index contributed by atoms with van der Waals surface area (Å²) in [5, 5.41) is 12.0. The molecule has 0 bridgehead atoms. The first-order chi connectivity index (χ1) is 6.20. The molecular weight excluding hydrogens is 168 g/mol. The van der Waals surface area contributed by atoms with E-state index in [2.05, 4.69) is 5.32 Å². The van der Waals surface area contributed by atoms with Gasteiger partial charge in [-0.25, -0.2) is 0 Å². The van der Waals surface area contributed by atoms with E-state index in [9.17, 15) is 4.79 Å². The highest BCUT2D eigenvalue weighted by Gasteiger charge is 2.33. The lowest BCUT2D eigenvalue weighted by Gasteiger charge is -2.22. The Morgan fingerprint density at radius 1 is 1.77 bits per heavy atom. The van der Waals surface area contributed by atoms with Crippen LogP contribution in [0.1, 0.15) is 20.3 Å². The van der Waals surface area contributed by atoms with E-state index >= 15 is 0 Å². The Bertz CT molecular complexity index is 184. The number of amides is 1. The van der Waals surface area contributed by atoms with E-state index in [0.717, 1.165) is 19.5 Å². The maximum atomic E-state index is 11.6. The molecule has 0 saturated carbocycles. The summed E-state index contributed by atoms with van der Waals surface area (Å²) in [6, 6.07) is -0.0739. The van der Waals surface area contributed by atoms with Gasteiger partial charge in [-0.05, 0) is 19.9 Å². The van der Waals surface area contributed by atoms with Gasteiger partial charge in [0, 0.05) is 6.54 Å². The number of carbonyl (C=O) groups is 1. The second-order valence-electron chi connectivity index (χ2n) is 3.46. The molecule has 2 unspecified atom stereocenters. The average Bonchev–Trinajstić information content (AvgIpc) is 2.48. The molecule has 0 radical (unpaired) electrons. The van der Waals surface area contributed by atoms with E-state index in [4.69, 9.17) is 5.11 Å². The molecule has 1 rings (SSSR count). The van der Waals surface area contributed by atoms with Crippen LogP contribution < -0.4 is 5.32 Å². The summed E-state index contributed by atoms with van der Waals surface area (Å²) in [6.07, 6.45) is 0.858. The van der Waals surface area contributed by atoms with Crippen molar-refractivity contribution in [2.75, 3.05) is 19.7 Å². The number of nitrogens with one attached hydrogen (secondary N) is 1. The van der Waals surface area contributed by atoms with E-state index < -0.39 is 0 Å². The predicted molar refractivity (Wildman–Crippen MR) is 50.3 cm³/mol. The summed E-state index contributed by atoms with van der Waals surface area (Å²) in [7, 11) is 0. The zero-order valence-electron chi connectivity index (χ0n) is 8.29. The van der Waals surface area contributed by atoms with Gasteiger partial charge in [-0.2, -0.15) is 0 Å². The number of hydrogen-bond acceptors (Lipinski definition) is 3. The van der Waals surface area contributed by atoms with Crippen molar-refractivity contribution in [2.24, 2.45) is 0 Å². The molecule has 0 aromatic rings. The molecular formula is C9H18N2O2. The molecule has 1 fully saturated rings. The molecule has 4 nitrogen and oxygen atoms in total. The number of carbonyl (C=O) groups excluding carboxylic acids is 1. The van der Waals surface area contributed by atoms with Crippen LogP contribution in [0.2, 0.25) is 0 Å². The Balaban J connectivity index is 2.49. The van der Waals surface area contributed by atoms with E-state index in [1.807, 2.05) is 13.8 Å². The number of likely N-dealkylation sites (N-methyl/N-ethyl adjacent to an activating group) is 1. The SMILES string of the molecule is CCNC1CCN(C(C)CO)C1=O. The van der Waals surface area contributed by atoms with Gasteiger partial charge in [0.15, 0.2) is 0 Å². The lowest BCUT2D eigenvalue weighted by molar-refractivity contribution is -0.131. The maximum Gasteiger partial charge on any atom is 0.240 e. The normalized spacial score (nSPS) is 25.3. The summed E-state index contributed by atoms with van der Waals surface area (Å²) in [5.74, 6) is 0.128. The summed E-state index contributed by atoms with van der Waals surface area (Å²) in [6.45, 7) is 5.48. The van der Waals surface area contributed by atoms with Gasteiger partial charge in [-0.1, -0.05) is 6.92 Å². The van der Waals surface area contributed by atoms with Gasteiger partial charge in [0.1, 0.15) is 0 Å². The standard InChI is InChI=1S/C9H18N2O2/c1-3-10-8-4-5-11(9(8)13)7(2)6-12/h7-8,10,12H,3-6H2,1-2H3. The minimum atomic E-state index is -0.0452. The second-order valence-corrected chi connectivity index (χ2v) is 3.46. The summed E-state index contributed by atoms with van der Waals surface area (Å²) >= 11 is 0. The Morgan fingerprint density at radius 2 is 2.46 bits per heavy atom. The fourth-order valence-corrected chi connectivity index (χ4v) is 1.67. The molecule has 13 heavy (non-hydrogen) atoms. The zero-order valence-corrected chi connectivity index (χ0v) is 8.29. The molecule has 0 aromatic heterocycles. The minimum absolute atomic E-state index is 0.0287. The van der Waals surface area contributed by atoms with Gasteiger partial charge < -0.3 is 15.3 Å². The Kier molecular flexibility index (Phi) is 3.69. The van der Waals surface area contributed by atoms with Gasteiger partial charge in [-0.15, -0.1) is 0 Å². The molecule has 76 valence electrons. The third-order valence-electron chi connectivity index (χ3n) is 2.49. The van der Waals surface area contributed by atoms with Crippen molar-refractivity contribution in [3.8, 4) is 0 Å². The number of aliphatic hydroxyl groups is 1. The lowest BCUT2D eigenvalue weighted by atomic mass is 10.2. The number of likely N-dealkylation sites (tertiary alicyclic amines) is 1. The van der Waals surface area contributed by atoms with Gasteiger partial charge in [-0.3, -0.25) is 4.79 Å². The first kappa shape index (κ1) is 10.5. The molecule has 0 aliphatic carbocycles.